The Hall–Kier alpha value is -1.60. The maximum Gasteiger partial charge on any atom is 0.303 e. The Morgan fingerprint density at radius 1 is 0.382 bits per heavy atom. The van der Waals surface area contributed by atoms with E-state index in [1.165, 1.54) is 154 Å². The first-order valence-electron chi connectivity index (χ1n) is 22.1. The third-order valence-electron chi connectivity index (χ3n) is 8.49. The molecule has 0 amide bonds. The molecular weight excluding hydrogens is 704 g/mol. The Kier molecular flexibility index (Phi) is 70.1. The zero-order valence-corrected chi connectivity index (χ0v) is 35.9. The highest BCUT2D eigenvalue weighted by Gasteiger charge is 1.98. The maximum absolute atomic E-state index is 10.3. The monoisotopic (exact) mass is 797 g/mol. The van der Waals surface area contributed by atoms with Crippen LogP contribution in [0, 0.1) is 0 Å². The lowest BCUT2D eigenvalue weighted by molar-refractivity contribution is -0.138. The Bertz CT molecular complexity index is 689. The summed E-state index contributed by atoms with van der Waals surface area (Å²) in [6.45, 7) is 5.00. The lowest BCUT2D eigenvalue weighted by atomic mass is 10.0. The molecule has 334 valence electrons. The van der Waals surface area contributed by atoms with Gasteiger partial charge in [-0.25, -0.2) is 0 Å². The number of aliphatic carboxylic acids is 2. The van der Waals surface area contributed by atoms with Gasteiger partial charge in [-0.1, -0.05) is 167 Å². The highest BCUT2D eigenvalue weighted by atomic mass is 16.4. The van der Waals surface area contributed by atoms with Gasteiger partial charge in [0.2, 0.25) is 0 Å². The van der Waals surface area contributed by atoms with Gasteiger partial charge < -0.3 is 46.0 Å². The molecule has 0 aromatic heterocycles. The van der Waals surface area contributed by atoms with Crippen LogP contribution in [0.4, 0.5) is 0 Å². The number of hydrogen-bond acceptors (Lipinski definition) is 9. The van der Waals surface area contributed by atoms with E-state index in [1.54, 1.807) is 6.92 Å². The molecule has 0 rings (SSSR count). The molecule has 0 aromatic carbocycles. The van der Waals surface area contributed by atoms with Crippen LogP contribution >= 0.6 is 0 Å². The highest BCUT2D eigenvalue weighted by Crippen LogP contribution is 2.14. The largest absolute Gasteiger partial charge is 0.481 e. The average Bonchev–Trinajstić information content (AvgIpc) is 3.18. The standard InChI is InChI=1S/C18H36O2.C18H34O2.2C3H8O3.C2H6O/c2*1-2-3-4-5-6-7-8-9-10-11-12-13-14-15-16-17-18(19)20;2*4-1-3(6)2-5;1-2-3/h2-17H2,1H3,(H,19,20);9-10H,2-8,11-17H2,1H3,(H,19,20);2*3-6H,1-2H2;3H,2H2,1H3/b;10-9-;;;. The fraction of sp³-hybridized carbons (Fsp3) is 0.909. The summed E-state index contributed by atoms with van der Waals surface area (Å²) in [5, 5.41) is 72.6. The fourth-order valence-corrected chi connectivity index (χ4v) is 5.11. The molecule has 0 spiro atoms. The molecule has 0 aromatic rings. The summed E-state index contributed by atoms with van der Waals surface area (Å²) in [6.07, 6.45) is 39.5. The molecule has 0 saturated heterocycles. The van der Waals surface area contributed by atoms with E-state index in [0.717, 1.165) is 25.7 Å². The molecule has 55 heavy (non-hydrogen) atoms. The zero-order chi connectivity index (χ0) is 42.5. The normalized spacial score (nSPS) is 10.5. The fourth-order valence-electron chi connectivity index (χ4n) is 5.11. The summed E-state index contributed by atoms with van der Waals surface area (Å²) in [4.78, 5) is 20.7. The molecule has 11 heteroatoms. The number of carboxylic acid groups (broad SMARTS) is 2. The van der Waals surface area contributed by atoms with Gasteiger partial charge in [-0.2, -0.15) is 0 Å². The summed E-state index contributed by atoms with van der Waals surface area (Å²) < 4.78 is 0. The number of allylic oxidation sites excluding steroid dienone is 2. The summed E-state index contributed by atoms with van der Waals surface area (Å²) in [5.74, 6) is -1.32. The van der Waals surface area contributed by atoms with Crippen LogP contribution in [0.25, 0.3) is 0 Å². The van der Waals surface area contributed by atoms with E-state index in [9.17, 15) is 9.59 Å². The Labute approximate surface area is 337 Å². The molecule has 0 bridgehead atoms. The molecule has 0 aliphatic rings. The Morgan fingerprint density at radius 3 is 0.764 bits per heavy atom. The van der Waals surface area contributed by atoms with Gasteiger partial charge in [0.1, 0.15) is 12.2 Å². The van der Waals surface area contributed by atoms with Crippen molar-refractivity contribution < 1.29 is 55.5 Å². The van der Waals surface area contributed by atoms with Crippen LogP contribution in [0.3, 0.4) is 0 Å². The van der Waals surface area contributed by atoms with Crippen molar-refractivity contribution in [3.8, 4) is 0 Å². The van der Waals surface area contributed by atoms with Crippen molar-refractivity contribution in [1.29, 1.82) is 0 Å². The predicted octanol–water partition coefficient (Wildman–Crippen LogP) is 9.10. The van der Waals surface area contributed by atoms with Crippen LogP contribution in [0.15, 0.2) is 12.2 Å². The van der Waals surface area contributed by atoms with E-state index >= 15 is 0 Å². The van der Waals surface area contributed by atoms with E-state index in [1.807, 2.05) is 0 Å². The highest BCUT2D eigenvalue weighted by molar-refractivity contribution is 5.66. The lowest BCUT2D eigenvalue weighted by Gasteiger charge is -2.03. The minimum absolute atomic E-state index is 0.250. The second kappa shape index (κ2) is 61.6. The molecule has 0 unspecified atom stereocenters. The number of hydrogen-bond donors (Lipinski definition) is 9. The van der Waals surface area contributed by atoms with Crippen LogP contribution in [0.1, 0.15) is 213 Å². The summed E-state index contributed by atoms with van der Waals surface area (Å²) in [5.41, 5.74) is 0. The second-order valence-corrected chi connectivity index (χ2v) is 14.2. The topological polar surface area (TPSA) is 216 Å². The van der Waals surface area contributed by atoms with Gasteiger partial charge in [0.05, 0.1) is 26.4 Å². The molecule has 0 aliphatic carbocycles. The first kappa shape index (κ1) is 62.6. The Morgan fingerprint density at radius 2 is 0.582 bits per heavy atom. The van der Waals surface area contributed by atoms with E-state index in [0.29, 0.717) is 12.8 Å². The Balaban J connectivity index is -0.000000221. The van der Waals surface area contributed by atoms with Gasteiger partial charge in [0.25, 0.3) is 0 Å². The number of carboxylic acids is 2. The number of unbranched alkanes of at least 4 members (excludes halogenated alkanes) is 25. The zero-order valence-electron chi connectivity index (χ0n) is 35.9. The molecule has 0 fully saturated rings. The van der Waals surface area contributed by atoms with Crippen LogP contribution in [-0.4, -0.2) is 103 Å². The van der Waals surface area contributed by atoms with Crippen molar-refractivity contribution in [2.75, 3.05) is 33.0 Å². The third kappa shape index (κ3) is 81.6. The molecule has 0 radical (unpaired) electrons. The first-order chi connectivity index (χ1) is 26.6. The van der Waals surface area contributed by atoms with E-state index < -0.39 is 24.1 Å². The minimum Gasteiger partial charge on any atom is -0.481 e. The minimum atomic E-state index is -0.954. The van der Waals surface area contributed by atoms with Gasteiger partial charge in [0, 0.05) is 19.4 Å². The summed E-state index contributed by atoms with van der Waals surface area (Å²) in [7, 11) is 0. The molecule has 0 heterocycles. The van der Waals surface area contributed by atoms with Crippen molar-refractivity contribution >= 4 is 11.9 Å². The van der Waals surface area contributed by atoms with Gasteiger partial charge in [-0.3, -0.25) is 9.59 Å². The van der Waals surface area contributed by atoms with E-state index in [2.05, 4.69) is 26.0 Å². The van der Waals surface area contributed by atoms with Crippen molar-refractivity contribution in [2.24, 2.45) is 0 Å². The summed E-state index contributed by atoms with van der Waals surface area (Å²) >= 11 is 0. The van der Waals surface area contributed by atoms with Gasteiger partial charge in [-0.05, 0) is 45.4 Å². The maximum atomic E-state index is 10.3. The van der Waals surface area contributed by atoms with Gasteiger partial charge in [0.15, 0.2) is 0 Å². The quantitative estimate of drug-likeness (QED) is 0.0218. The molecular formula is C44H92O11. The second-order valence-electron chi connectivity index (χ2n) is 14.2. The van der Waals surface area contributed by atoms with Crippen molar-refractivity contribution in [3.05, 3.63) is 12.2 Å². The van der Waals surface area contributed by atoms with E-state index in [-0.39, 0.29) is 33.0 Å². The number of carbonyl (C=O) groups is 2. The number of aliphatic hydroxyl groups excluding tert-OH is 7. The van der Waals surface area contributed by atoms with Crippen LogP contribution < -0.4 is 0 Å². The summed E-state index contributed by atoms with van der Waals surface area (Å²) in [6, 6.07) is 0. The molecule has 11 nitrogen and oxygen atoms in total. The number of aliphatic hydroxyl groups is 7. The van der Waals surface area contributed by atoms with Gasteiger partial charge in [-0.15, -0.1) is 0 Å². The molecule has 0 aliphatic heterocycles. The van der Waals surface area contributed by atoms with Crippen molar-refractivity contribution in [2.45, 2.75) is 226 Å². The van der Waals surface area contributed by atoms with Crippen molar-refractivity contribution in [1.82, 2.24) is 0 Å². The third-order valence-corrected chi connectivity index (χ3v) is 8.49. The van der Waals surface area contributed by atoms with Crippen LogP contribution in [0.2, 0.25) is 0 Å². The van der Waals surface area contributed by atoms with Crippen molar-refractivity contribution in [3.63, 3.8) is 0 Å². The van der Waals surface area contributed by atoms with Crippen LogP contribution in [0.5, 0.6) is 0 Å². The first-order valence-corrected chi connectivity index (χ1v) is 22.1. The predicted molar refractivity (Wildman–Crippen MR) is 227 cm³/mol. The smallest absolute Gasteiger partial charge is 0.303 e. The number of rotatable bonds is 35. The SMILES string of the molecule is CCCCCCCC/C=C\CCCCCCCC(=O)O.CCCCCCCCCCCCCCCCCC(=O)O.CCO.OCC(O)CO.OCC(O)CO. The average molecular weight is 797 g/mol. The molecule has 0 atom stereocenters. The molecule has 9 N–H and O–H groups in total. The van der Waals surface area contributed by atoms with Gasteiger partial charge >= 0.3 is 11.9 Å². The lowest BCUT2D eigenvalue weighted by Crippen LogP contribution is -2.15. The van der Waals surface area contributed by atoms with E-state index in [4.69, 9.17) is 46.0 Å². The van der Waals surface area contributed by atoms with Crippen LogP contribution in [-0.2, 0) is 9.59 Å². The molecule has 0 saturated carbocycles.